The molecule has 1 aliphatic carbocycles. The van der Waals surface area contributed by atoms with Crippen molar-refractivity contribution in [3.05, 3.63) is 46.0 Å². The zero-order valence-electron chi connectivity index (χ0n) is 16.8. The molecule has 0 bridgehead atoms. The van der Waals surface area contributed by atoms with Crippen LogP contribution in [0.15, 0.2) is 30.4 Å². The molecule has 0 aromatic heterocycles. The summed E-state index contributed by atoms with van der Waals surface area (Å²) in [5, 5.41) is 0.528. The second-order valence-corrected chi connectivity index (χ2v) is 8.82. The fourth-order valence-corrected chi connectivity index (χ4v) is 4.17. The monoisotopic (exact) mass is 451 g/mol. The standard InChI is InChI=1S/C22H23Cl2NO5/c1-12(2)9-18(25-20(27)14-5-3-4-6-15(14)21(25)28)22(29)30-11-19(26)13-7-8-16(23)17(24)10-13/h3-4,7-8,10,12,14-15,18H,5-6,9,11H2,1-2H3. The molecule has 0 saturated carbocycles. The molecule has 0 N–H and O–H groups in total. The van der Waals surface area contributed by atoms with Gasteiger partial charge in [0.15, 0.2) is 12.4 Å². The van der Waals surface area contributed by atoms with Gasteiger partial charge in [-0.1, -0.05) is 49.2 Å². The number of carbonyl (C=O) groups is 4. The lowest BCUT2D eigenvalue weighted by molar-refractivity contribution is -0.158. The van der Waals surface area contributed by atoms with E-state index in [2.05, 4.69) is 0 Å². The van der Waals surface area contributed by atoms with E-state index in [1.165, 1.54) is 18.2 Å². The zero-order chi connectivity index (χ0) is 22.0. The molecule has 1 aromatic carbocycles. The maximum atomic E-state index is 12.9. The summed E-state index contributed by atoms with van der Waals surface area (Å²) < 4.78 is 5.23. The molecule has 1 fully saturated rings. The molecular weight excluding hydrogens is 429 g/mol. The Labute approximate surface area is 185 Å². The lowest BCUT2D eigenvalue weighted by atomic mass is 9.85. The fraction of sp³-hybridized carbons (Fsp3) is 0.455. The van der Waals surface area contributed by atoms with Crippen LogP contribution in [0.4, 0.5) is 0 Å². The molecule has 2 amide bonds. The van der Waals surface area contributed by atoms with Crippen molar-refractivity contribution in [2.24, 2.45) is 17.8 Å². The molecule has 0 spiro atoms. The topological polar surface area (TPSA) is 80.8 Å². The normalized spacial score (nSPS) is 21.7. The molecule has 3 rings (SSSR count). The van der Waals surface area contributed by atoms with E-state index in [4.69, 9.17) is 27.9 Å². The van der Waals surface area contributed by atoms with Gasteiger partial charge in [0.1, 0.15) is 6.04 Å². The number of nitrogens with zero attached hydrogens (tertiary/aromatic N) is 1. The van der Waals surface area contributed by atoms with Crippen LogP contribution in [-0.2, 0) is 19.1 Å². The third kappa shape index (κ3) is 4.60. The van der Waals surface area contributed by atoms with E-state index in [0.717, 1.165) is 4.90 Å². The van der Waals surface area contributed by atoms with Gasteiger partial charge in [-0.2, -0.15) is 0 Å². The quantitative estimate of drug-likeness (QED) is 0.270. The number of rotatable bonds is 7. The number of hydrogen-bond acceptors (Lipinski definition) is 5. The molecule has 6 nitrogen and oxygen atoms in total. The Bertz CT molecular complexity index is 885. The highest BCUT2D eigenvalue weighted by Crippen LogP contribution is 2.37. The van der Waals surface area contributed by atoms with Gasteiger partial charge in [0.2, 0.25) is 11.8 Å². The molecular formula is C22H23Cl2NO5. The largest absolute Gasteiger partial charge is 0.456 e. The molecule has 1 aliphatic heterocycles. The number of fused-ring (bicyclic) bond motifs is 1. The van der Waals surface area contributed by atoms with E-state index in [1.807, 2.05) is 26.0 Å². The smallest absolute Gasteiger partial charge is 0.329 e. The van der Waals surface area contributed by atoms with Gasteiger partial charge in [-0.3, -0.25) is 19.3 Å². The van der Waals surface area contributed by atoms with E-state index in [1.54, 1.807) is 0 Å². The second-order valence-electron chi connectivity index (χ2n) is 8.01. The molecule has 1 heterocycles. The maximum absolute atomic E-state index is 12.9. The molecule has 160 valence electrons. The number of likely N-dealkylation sites (tertiary alicyclic amines) is 1. The first-order chi connectivity index (χ1) is 14.2. The van der Waals surface area contributed by atoms with E-state index < -0.39 is 36.2 Å². The van der Waals surface area contributed by atoms with Gasteiger partial charge in [0.25, 0.3) is 0 Å². The summed E-state index contributed by atoms with van der Waals surface area (Å²) in [6.07, 6.45) is 5.03. The van der Waals surface area contributed by atoms with Crippen LogP contribution in [0, 0.1) is 17.8 Å². The van der Waals surface area contributed by atoms with Gasteiger partial charge in [0.05, 0.1) is 21.9 Å². The number of halogens is 2. The van der Waals surface area contributed by atoms with Gasteiger partial charge < -0.3 is 4.74 Å². The third-order valence-corrected chi connectivity index (χ3v) is 6.15. The highest BCUT2D eigenvalue weighted by Gasteiger charge is 2.51. The highest BCUT2D eigenvalue weighted by atomic mass is 35.5. The van der Waals surface area contributed by atoms with Gasteiger partial charge in [0, 0.05) is 5.56 Å². The van der Waals surface area contributed by atoms with Crippen LogP contribution in [0.2, 0.25) is 10.0 Å². The summed E-state index contributed by atoms with van der Waals surface area (Å²) in [5.41, 5.74) is 0.253. The number of Topliss-reactive ketones (excluding diaryl/α,β-unsaturated/α-hetero) is 1. The van der Waals surface area contributed by atoms with Gasteiger partial charge in [-0.25, -0.2) is 4.79 Å². The number of amides is 2. The Kier molecular flexibility index (Phi) is 6.98. The minimum atomic E-state index is -1.04. The number of ketones is 1. The Balaban J connectivity index is 1.73. The average molecular weight is 452 g/mol. The lowest BCUT2D eigenvalue weighted by Gasteiger charge is -2.26. The summed E-state index contributed by atoms with van der Waals surface area (Å²) in [6.45, 7) is 3.26. The van der Waals surface area contributed by atoms with Crippen molar-refractivity contribution in [2.75, 3.05) is 6.61 Å². The van der Waals surface area contributed by atoms with E-state index in [9.17, 15) is 19.2 Å². The minimum absolute atomic E-state index is 0.0367. The number of allylic oxidation sites excluding steroid dienone is 2. The third-order valence-electron chi connectivity index (χ3n) is 5.41. The number of imide groups is 1. The molecule has 1 aromatic rings. The van der Waals surface area contributed by atoms with Crippen molar-refractivity contribution in [1.82, 2.24) is 4.90 Å². The molecule has 8 heteroatoms. The highest BCUT2D eigenvalue weighted by molar-refractivity contribution is 6.42. The number of hydrogen-bond donors (Lipinski definition) is 0. The van der Waals surface area contributed by atoms with Crippen LogP contribution in [0.1, 0.15) is 43.5 Å². The fourth-order valence-electron chi connectivity index (χ4n) is 3.87. The first kappa shape index (κ1) is 22.5. The summed E-state index contributed by atoms with van der Waals surface area (Å²) in [4.78, 5) is 52.0. The molecule has 1 saturated heterocycles. The summed E-state index contributed by atoms with van der Waals surface area (Å²) >= 11 is 11.8. The van der Waals surface area contributed by atoms with Crippen molar-refractivity contribution in [3.8, 4) is 0 Å². The van der Waals surface area contributed by atoms with Crippen molar-refractivity contribution in [1.29, 1.82) is 0 Å². The Hall–Kier alpha value is -2.18. The van der Waals surface area contributed by atoms with Crippen molar-refractivity contribution < 1.29 is 23.9 Å². The van der Waals surface area contributed by atoms with Crippen molar-refractivity contribution in [3.63, 3.8) is 0 Å². The van der Waals surface area contributed by atoms with E-state index >= 15 is 0 Å². The molecule has 3 atom stereocenters. The van der Waals surface area contributed by atoms with Crippen LogP contribution in [-0.4, -0.2) is 41.1 Å². The summed E-state index contributed by atoms with van der Waals surface area (Å²) in [5.74, 6) is -2.71. The number of benzene rings is 1. The minimum Gasteiger partial charge on any atom is -0.456 e. The van der Waals surface area contributed by atoms with Crippen molar-refractivity contribution in [2.45, 2.75) is 39.2 Å². The van der Waals surface area contributed by atoms with E-state index in [0.29, 0.717) is 17.9 Å². The molecule has 0 radical (unpaired) electrons. The zero-order valence-corrected chi connectivity index (χ0v) is 18.3. The van der Waals surface area contributed by atoms with Crippen molar-refractivity contribution >= 4 is 46.8 Å². The van der Waals surface area contributed by atoms with Gasteiger partial charge >= 0.3 is 5.97 Å². The first-order valence-electron chi connectivity index (χ1n) is 9.87. The van der Waals surface area contributed by atoms with Gasteiger partial charge in [-0.05, 0) is 43.4 Å². The first-order valence-corrected chi connectivity index (χ1v) is 10.6. The van der Waals surface area contributed by atoms with Gasteiger partial charge in [-0.15, -0.1) is 0 Å². The van der Waals surface area contributed by atoms with E-state index in [-0.39, 0.29) is 34.7 Å². The predicted molar refractivity (Wildman–Crippen MR) is 112 cm³/mol. The molecule has 3 unspecified atom stereocenters. The predicted octanol–water partition coefficient (Wildman–Crippen LogP) is 4.09. The Morgan fingerprint density at radius 2 is 1.67 bits per heavy atom. The Morgan fingerprint density at radius 1 is 1.07 bits per heavy atom. The summed E-state index contributed by atoms with van der Waals surface area (Å²) in [6, 6.07) is 3.33. The maximum Gasteiger partial charge on any atom is 0.329 e. The van der Waals surface area contributed by atoms with Crippen LogP contribution in [0.25, 0.3) is 0 Å². The number of esters is 1. The Morgan fingerprint density at radius 3 is 2.20 bits per heavy atom. The molecule has 2 aliphatic rings. The lowest BCUT2D eigenvalue weighted by Crippen LogP contribution is -2.47. The van der Waals surface area contributed by atoms with Crippen LogP contribution >= 0.6 is 23.2 Å². The average Bonchev–Trinajstić information content (AvgIpc) is 2.96. The number of ether oxygens (including phenoxy) is 1. The SMILES string of the molecule is CC(C)CC(C(=O)OCC(=O)c1ccc(Cl)c(Cl)c1)N1C(=O)C2CC=CCC2C1=O. The van der Waals surface area contributed by atoms with Crippen LogP contribution in [0.5, 0.6) is 0 Å². The van der Waals surface area contributed by atoms with Crippen LogP contribution < -0.4 is 0 Å². The second kappa shape index (κ2) is 9.31. The number of carbonyl (C=O) groups excluding carboxylic acids is 4. The van der Waals surface area contributed by atoms with Crippen LogP contribution in [0.3, 0.4) is 0 Å². The summed E-state index contributed by atoms with van der Waals surface area (Å²) in [7, 11) is 0. The molecule has 30 heavy (non-hydrogen) atoms.